The normalized spacial score (nSPS) is 20.6. The largest absolute Gasteiger partial charge is 0.389 e. The molecule has 0 saturated carbocycles. The van der Waals surface area contributed by atoms with Crippen molar-refractivity contribution < 1.29 is 9.32 Å². The molecule has 1 unspecified atom stereocenters. The fourth-order valence-corrected chi connectivity index (χ4v) is 4.14. The van der Waals surface area contributed by atoms with Gasteiger partial charge in [-0.3, -0.25) is 4.21 Å². The molecule has 0 amide bonds. The molecular weight excluding hydrogens is 293 g/mol. The standard InChI is InChI=1S/C12H15Cl2NO2S/c13-9-5-10(14)7-11(6-9)18(17)8-12(16)1-3-15-4-2-12/h5-7,15-16H,1-4,8H2. The second-order valence-corrected chi connectivity index (χ2v) is 6.89. The van der Waals surface area contributed by atoms with Crippen LogP contribution in [0.25, 0.3) is 0 Å². The predicted octanol–water partition coefficient (Wildman–Crippen LogP) is 2.22. The monoisotopic (exact) mass is 307 g/mol. The fraction of sp³-hybridized carbons (Fsp3) is 0.500. The lowest BCUT2D eigenvalue weighted by Gasteiger charge is -2.32. The van der Waals surface area contributed by atoms with Gasteiger partial charge in [-0.05, 0) is 44.1 Å². The van der Waals surface area contributed by atoms with E-state index in [0.717, 1.165) is 13.1 Å². The molecule has 1 aromatic carbocycles. The summed E-state index contributed by atoms with van der Waals surface area (Å²) < 4.78 is 12.2. The lowest BCUT2D eigenvalue weighted by molar-refractivity contribution is 0.0331. The van der Waals surface area contributed by atoms with Gasteiger partial charge in [-0.25, -0.2) is 0 Å². The van der Waals surface area contributed by atoms with Crippen molar-refractivity contribution in [3.63, 3.8) is 0 Å². The third-order valence-corrected chi connectivity index (χ3v) is 5.03. The molecule has 3 nitrogen and oxygen atoms in total. The molecule has 6 heteroatoms. The zero-order valence-corrected chi connectivity index (χ0v) is 12.1. The van der Waals surface area contributed by atoms with Crippen molar-refractivity contribution in [2.24, 2.45) is 0 Å². The molecule has 0 aromatic heterocycles. The van der Waals surface area contributed by atoms with Crippen LogP contribution in [-0.2, 0) is 10.8 Å². The summed E-state index contributed by atoms with van der Waals surface area (Å²) >= 11 is 11.8. The van der Waals surface area contributed by atoms with Gasteiger partial charge in [-0.2, -0.15) is 0 Å². The number of halogens is 2. The average Bonchev–Trinajstić information content (AvgIpc) is 2.28. The molecule has 18 heavy (non-hydrogen) atoms. The van der Waals surface area contributed by atoms with Gasteiger partial charge in [0.15, 0.2) is 0 Å². The van der Waals surface area contributed by atoms with Crippen LogP contribution in [0.2, 0.25) is 10.0 Å². The maximum absolute atomic E-state index is 12.2. The first-order valence-electron chi connectivity index (χ1n) is 5.76. The second kappa shape index (κ2) is 5.88. The van der Waals surface area contributed by atoms with E-state index in [1.165, 1.54) is 0 Å². The van der Waals surface area contributed by atoms with E-state index in [9.17, 15) is 9.32 Å². The first-order chi connectivity index (χ1) is 8.48. The maximum atomic E-state index is 12.2. The first kappa shape index (κ1) is 14.3. The molecule has 0 spiro atoms. The highest BCUT2D eigenvalue weighted by Crippen LogP contribution is 2.25. The Morgan fingerprint density at radius 1 is 1.22 bits per heavy atom. The number of nitrogens with one attached hydrogen (secondary N) is 1. The summed E-state index contributed by atoms with van der Waals surface area (Å²) in [6.45, 7) is 1.51. The third-order valence-electron chi connectivity index (χ3n) is 3.03. The molecule has 100 valence electrons. The lowest BCUT2D eigenvalue weighted by atomic mass is 9.95. The van der Waals surface area contributed by atoms with E-state index in [1.54, 1.807) is 18.2 Å². The Labute approximate surface area is 119 Å². The van der Waals surface area contributed by atoms with Crippen LogP contribution in [0.4, 0.5) is 0 Å². The average molecular weight is 308 g/mol. The van der Waals surface area contributed by atoms with E-state index >= 15 is 0 Å². The molecule has 1 aliphatic rings. The minimum atomic E-state index is -1.29. The van der Waals surface area contributed by atoms with Crippen LogP contribution in [0.1, 0.15) is 12.8 Å². The van der Waals surface area contributed by atoms with Gasteiger partial charge in [0.1, 0.15) is 0 Å². The Hall–Kier alpha value is -0.130. The third kappa shape index (κ3) is 3.68. The Balaban J connectivity index is 2.11. The van der Waals surface area contributed by atoms with E-state index in [1.807, 2.05) is 0 Å². The van der Waals surface area contributed by atoms with Crippen molar-refractivity contribution in [3.05, 3.63) is 28.2 Å². The van der Waals surface area contributed by atoms with Gasteiger partial charge >= 0.3 is 0 Å². The van der Waals surface area contributed by atoms with Crippen molar-refractivity contribution in [2.75, 3.05) is 18.8 Å². The smallest absolute Gasteiger partial charge is 0.0790 e. The Bertz CT molecular complexity index is 441. The molecule has 1 heterocycles. The van der Waals surface area contributed by atoms with E-state index in [4.69, 9.17) is 23.2 Å². The topological polar surface area (TPSA) is 49.3 Å². The van der Waals surface area contributed by atoms with Gasteiger partial charge in [0.25, 0.3) is 0 Å². The second-order valence-electron chi connectivity index (χ2n) is 4.57. The van der Waals surface area contributed by atoms with Gasteiger partial charge in [-0.1, -0.05) is 23.2 Å². The molecule has 1 aromatic rings. The summed E-state index contributed by atoms with van der Waals surface area (Å²) in [5.41, 5.74) is -0.856. The highest BCUT2D eigenvalue weighted by molar-refractivity contribution is 7.85. The zero-order chi connectivity index (χ0) is 13.2. The van der Waals surface area contributed by atoms with Crippen molar-refractivity contribution in [3.8, 4) is 0 Å². The number of hydrogen-bond acceptors (Lipinski definition) is 3. The Morgan fingerprint density at radius 2 is 1.78 bits per heavy atom. The van der Waals surface area contributed by atoms with Crippen molar-refractivity contribution >= 4 is 34.0 Å². The van der Waals surface area contributed by atoms with Crippen LogP contribution in [0.5, 0.6) is 0 Å². The number of hydrogen-bond donors (Lipinski definition) is 2. The fourth-order valence-electron chi connectivity index (χ4n) is 2.02. The van der Waals surface area contributed by atoms with Crippen LogP contribution in [0, 0.1) is 0 Å². The van der Waals surface area contributed by atoms with Gasteiger partial charge in [0, 0.05) is 14.9 Å². The molecule has 0 aliphatic carbocycles. The van der Waals surface area contributed by atoms with E-state index in [-0.39, 0.29) is 5.75 Å². The molecule has 1 atom stereocenters. The number of aliphatic hydroxyl groups is 1. The van der Waals surface area contributed by atoms with Crippen LogP contribution >= 0.6 is 23.2 Å². The Morgan fingerprint density at radius 3 is 2.33 bits per heavy atom. The summed E-state index contributed by atoms with van der Waals surface area (Å²) in [6, 6.07) is 4.87. The van der Waals surface area contributed by atoms with Crippen molar-refractivity contribution in [1.29, 1.82) is 0 Å². The van der Waals surface area contributed by atoms with E-state index in [0.29, 0.717) is 27.8 Å². The first-order valence-corrected chi connectivity index (χ1v) is 7.84. The number of rotatable bonds is 3. The van der Waals surface area contributed by atoms with Gasteiger partial charge in [0.05, 0.1) is 22.2 Å². The van der Waals surface area contributed by atoms with Gasteiger partial charge < -0.3 is 10.4 Å². The van der Waals surface area contributed by atoms with E-state index < -0.39 is 16.4 Å². The summed E-state index contributed by atoms with van der Waals surface area (Å²) in [5.74, 6) is 0.228. The summed E-state index contributed by atoms with van der Waals surface area (Å²) in [7, 11) is -1.29. The van der Waals surface area contributed by atoms with E-state index in [2.05, 4.69) is 5.32 Å². The highest BCUT2D eigenvalue weighted by atomic mass is 35.5. The van der Waals surface area contributed by atoms with Crippen LogP contribution in [-0.4, -0.2) is 33.8 Å². The van der Waals surface area contributed by atoms with Gasteiger partial charge in [-0.15, -0.1) is 0 Å². The van der Waals surface area contributed by atoms with Crippen LogP contribution in [0.3, 0.4) is 0 Å². The minimum absolute atomic E-state index is 0.228. The molecule has 2 rings (SSSR count). The number of piperidine rings is 1. The molecule has 1 aliphatic heterocycles. The highest BCUT2D eigenvalue weighted by Gasteiger charge is 2.31. The number of benzene rings is 1. The minimum Gasteiger partial charge on any atom is -0.389 e. The Kier molecular flexibility index (Phi) is 4.67. The lowest BCUT2D eigenvalue weighted by Crippen LogP contribution is -2.45. The van der Waals surface area contributed by atoms with Gasteiger partial charge in [0.2, 0.25) is 0 Å². The summed E-state index contributed by atoms with van der Waals surface area (Å²) in [5, 5.41) is 14.4. The summed E-state index contributed by atoms with van der Waals surface area (Å²) in [4.78, 5) is 0.569. The van der Waals surface area contributed by atoms with Crippen LogP contribution in [0.15, 0.2) is 23.1 Å². The molecule has 2 N–H and O–H groups in total. The van der Waals surface area contributed by atoms with Crippen LogP contribution < -0.4 is 5.32 Å². The summed E-state index contributed by atoms with van der Waals surface area (Å²) in [6.07, 6.45) is 1.24. The maximum Gasteiger partial charge on any atom is 0.0790 e. The SMILES string of the molecule is O=S(CC1(O)CCNCC1)c1cc(Cl)cc(Cl)c1. The molecule has 1 fully saturated rings. The molecular formula is C12H15Cl2NO2S. The molecule has 0 bridgehead atoms. The molecule has 1 saturated heterocycles. The molecule has 0 radical (unpaired) electrons. The van der Waals surface area contributed by atoms with Crippen molar-refractivity contribution in [1.82, 2.24) is 5.32 Å². The quantitative estimate of drug-likeness (QED) is 0.900. The van der Waals surface area contributed by atoms with Crippen molar-refractivity contribution in [2.45, 2.75) is 23.3 Å². The zero-order valence-electron chi connectivity index (χ0n) is 9.79. The predicted molar refractivity (Wildman–Crippen MR) is 74.8 cm³/mol.